The van der Waals surface area contributed by atoms with E-state index in [1.807, 2.05) is 37.4 Å². The van der Waals surface area contributed by atoms with Crippen LogP contribution < -0.4 is 15.4 Å². The van der Waals surface area contributed by atoms with E-state index in [1.54, 1.807) is 6.07 Å². The molecule has 0 amide bonds. The zero-order valence-corrected chi connectivity index (χ0v) is 17.6. The van der Waals surface area contributed by atoms with Gasteiger partial charge in [0.2, 0.25) is 11.8 Å². The first-order chi connectivity index (χ1) is 15.1. The van der Waals surface area contributed by atoms with Crippen molar-refractivity contribution < 1.29 is 9.47 Å². The van der Waals surface area contributed by atoms with Gasteiger partial charge in [-0.15, -0.1) is 0 Å². The molecule has 31 heavy (non-hydrogen) atoms. The summed E-state index contributed by atoms with van der Waals surface area (Å²) in [5.41, 5.74) is 4.20. The minimum atomic E-state index is 0.341. The van der Waals surface area contributed by atoms with Gasteiger partial charge in [0.1, 0.15) is 17.2 Å². The van der Waals surface area contributed by atoms with Gasteiger partial charge in [-0.05, 0) is 35.9 Å². The Hall–Kier alpha value is -3.36. The standard InChI is InChI=1S/C22H21ClN6O2/c1-29-19-8-15(27-16-11-30-12-16)4-7-18(19)28-22(29)24-10-14-2-5-17(6-3-14)31-21-9-20(23)25-13-26-21/h2-9,13,16,27H,10-12H2,1H3,(H,24,28). The Balaban J connectivity index is 1.24. The Kier molecular flexibility index (Phi) is 5.31. The van der Waals surface area contributed by atoms with Crippen LogP contribution in [-0.4, -0.2) is 38.8 Å². The van der Waals surface area contributed by atoms with Gasteiger partial charge in [-0.2, -0.15) is 0 Å². The van der Waals surface area contributed by atoms with Crippen LogP contribution in [0.25, 0.3) is 11.0 Å². The fourth-order valence-electron chi connectivity index (χ4n) is 3.34. The zero-order chi connectivity index (χ0) is 21.2. The smallest absolute Gasteiger partial charge is 0.223 e. The van der Waals surface area contributed by atoms with Crippen molar-refractivity contribution in [2.45, 2.75) is 12.6 Å². The van der Waals surface area contributed by atoms with E-state index in [2.05, 4.69) is 37.3 Å². The van der Waals surface area contributed by atoms with Crippen molar-refractivity contribution in [1.29, 1.82) is 0 Å². The van der Waals surface area contributed by atoms with E-state index in [4.69, 9.17) is 26.1 Å². The summed E-state index contributed by atoms with van der Waals surface area (Å²) in [5.74, 6) is 1.90. The summed E-state index contributed by atoms with van der Waals surface area (Å²) in [6.45, 7) is 2.15. The molecule has 1 aliphatic heterocycles. The topological polar surface area (TPSA) is 86.1 Å². The quantitative estimate of drug-likeness (QED) is 0.419. The second-order valence-electron chi connectivity index (χ2n) is 7.36. The molecule has 0 radical (unpaired) electrons. The Bertz CT molecular complexity index is 1210. The van der Waals surface area contributed by atoms with E-state index >= 15 is 0 Å². The first kappa shape index (κ1) is 19.6. The van der Waals surface area contributed by atoms with Crippen LogP contribution in [0.4, 0.5) is 11.6 Å². The molecule has 8 nitrogen and oxygen atoms in total. The van der Waals surface area contributed by atoms with Crippen LogP contribution in [-0.2, 0) is 18.3 Å². The van der Waals surface area contributed by atoms with Gasteiger partial charge >= 0.3 is 0 Å². The average Bonchev–Trinajstić information content (AvgIpc) is 3.05. The lowest BCUT2D eigenvalue weighted by Gasteiger charge is -2.27. The Morgan fingerprint density at radius 2 is 1.97 bits per heavy atom. The van der Waals surface area contributed by atoms with Crippen molar-refractivity contribution in [3.63, 3.8) is 0 Å². The molecule has 0 atom stereocenters. The molecule has 0 unspecified atom stereocenters. The number of nitrogens with zero attached hydrogens (tertiary/aromatic N) is 4. The van der Waals surface area contributed by atoms with E-state index in [0.29, 0.717) is 29.4 Å². The van der Waals surface area contributed by atoms with Crippen molar-refractivity contribution in [3.8, 4) is 11.6 Å². The minimum absolute atomic E-state index is 0.341. The van der Waals surface area contributed by atoms with Crippen LogP contribution in [0.3, 0.4) is 0 Å². The van der Waals surface area contributed by atoms with Crippen molar-refractivity contribution in [2.24, 2.45) is 7.05 Å². The van der Waals surface area contributed by atoms with Crippen LogP contribution in [0.15, 0.2) is 54.9 Å². The fraction of sp³-hybridized carbons (Fsp3) is 0.227. The molecule has 1 fully saturated rings. The number of rotatable bonds is 7. The lowest BCUT2D eigenvalue weighted by Crippen LogP contribution is -2.40. The molecule has 4 aromatic rings. The summed E-state index contributed by atoms with van der Waals surface area (Å²) in [4.78, 5) is 12.6. The van der Waals surface area contributed by atoms with Crippen LogP contribution in [0.1, 0.15) is 5.56 Å². The largest absolute Gasteiger partial charge is 0.439 e. The molecule has 5 rings (SSSR count). The molecular formula is C22H21ClN6O2. The van der Waals surface area contributed by atoms with E-state index in [1.165, 1.54) is 6.33 Å². The molecule has 1 saturated heterocycles. The molecule has 2 aromatic carbocycles. The molecule has 2 N–H and O–H groups in total. The molecule has 1 aliphatic rings. The first-order valence-electron chi connectivity index (χ1n) is 9.93. The number of nitrogens with one attached hydrogen (secondary N) is 2. The molecule has 0 saturated carbocycles. The monoisotopic (exact) mass is 436 g/mol. The number of fused-ring (bicyclic) bond motifs is 1. The molecule has 0 aliphatic carbocycles. The summed E-state index contributed by atoms with van der Waals surface area (Å²) >= 11 is 5.86. The highest BCUT2D eigenvalue weighted by Gasteiger charge is 2.18. The maximum Gasteiger partial charge on any atom is 0.223 e. The van der Waals surface area contributed by atoms with Gasteiger partial charge in [-0.25, -0.2) is 15.0 Å². The molecule has 2 aromatic heterocycles. The number of aromatic nitrogens is 4. The van der Waals surface area contributed by atoms with Crippen LogP contribution in [0.5, 0.6) is 11.6 Å². The molecular weight excluding hydrogens is 416 g/mol. The second-order valence-corrected chi connectivity index (χ2v) is 7.74. The maximum atomic E-state index is 5.86. The zero-order valence-electron chi connectivity index (χ0n) is 16.9. The Morgan fingerprint density at radius 1 is 1.13 bits per heavy atom. The van der Waals surface area contributed by atoms with Crippen molar-refractivity contribution in [3.05, 3.63) is 65.6 Å². The number of hydrogen-bond acceptors (Lipinski definition) is 7. The number of benzene rings is 2. The molecule has 0 spiro atoms. The minimum Gasteiger partial charge on any atom is -0.439 e. The fourth-order valence-corrected chi connectivity index (χ4v) is 3.48. The molecule has 158 valence electrons. The Morgan fingerprint density at radius 3 is 2.71 bits per heavy atom. The van der Waals surface area contributed by atoms with E-state index in [-0.39, 0.29) is 0 Å². The van der Waals surface area contributed by atoms with E-state index in [9.17, 15) is 0 Å². The van der Waals surface area contributed by atoms with Crippen molar-refractivity contribution in [2.75, 3.05) is 23.8 Å². The van der Waals surface area contributed by atoms with Gasteiger partial charge < -0.3 is 24.7 Å². The number of hydrogen-bond donors (Lipinski definition) is 2. The predicted molar refractivity (Wildman–Crippen MR) is 120 cm³/mol. The van der Waals surface area contributed by atoms with Crippen LogP contribution in [0.2, 0.25) is 5.15 Å². The lowest BCUT2D eigenvalue weighted by atomic mass is 10.2. The second kappa shape index (κ2) is 8.41. The van der Waals surface area contributed by atoms with Crippen molar-refractivity contribution >= 4 is 34.3 Å². The number of imidazole rings is 1. The number of anilines is 2. The van der Waals surface area contributed by atoms with Gasteiger partial charge in [0.15, 0.2) is 0 Å². The van der Waals surface area contributed by atoms with E-state index in [0.717, 1.165) is 41.4 Å². The third-order valence-electron chi connectivity index (χ3n) is 5.09. The molecule has 3 heterocycles. The summed E-state index contributed by atoms with van der Waals surface area (Å²) in [7, 11) is 2.01. The number of ether oxygens (including phenoxy) is 2. The highest BCUT2D eigenvalue weighted by molar-refractivity contribution is 6.29. The SMILES string of the molecule is Cn1c(NCc2ccc(Oc3cc(Cl)ncn3)cc2)nc2ccc(NC3COC3)cc21. The van der Waals surface area contributed by atoms with Crippen molar-refractivity contribution in [1.82, 2.24) is 19.5 Å². The molecule has 0 bridgehead atoms. The van der Waals surface area contributed by atoms with Gasteiger partial charge in [-0.1, -0.05) is 23.7 Å². The highest BCUT2D eigenvalue weighted by atomic mass is 35.5. The van der Waals surface area contributed by atoms with E-state index < -0.39 is 0 Å². The first-order valence-corrected chi connectivity index (χ1v) is 10.3. The third kappa shape index (κ3) is 4.40. The number of aryl methyl sites for hydroxylation is 1. The van der Waals surface area contributed by atoms with Gasteiger partial charge in [0.05, 0.1) is 30.3 Å². The lowest BCUT2D eigenvalue weighted by molar-refractivity contribution is 0.0211. The highest BCUT2D eigenvalue weighted by Crippen LogP contribution is 2.24. The average molecular weight is 437 g/mol. The summed E-state index contributed by atoms with van der Waals surface area (Å²) in [6.07, 6.45) is 1.37. The molecule has 9 heteroatoms. The number of halogens is 1. The van der Waals surface area contributed by atoms with Crippen LogP contribution >= 0.6 is 11.6 Å². The maximum absolute atomic E-state index is 5.86. The summed E-state index contributed by atoms with van der Waals surface area (Å²) < 4.78 is 13.0. The van der Waals surface area contributed by atoms with Crippen LogP contribution in [0, 0.1) is 0 Å². The predicted octanol–water partition coefficient (Wildman–Crippen LogP) is 4.23. The summed E-state index contributed by atoms with van der Waals surface area (Å²) in [6, 6.07) is 16.0. The summed E-state index contributed by atoms with van der Waals surface area (Å²) in [5, 5.41) is 7.23. The Labute approximate surface area is 184 Å². The third-order valence-corrected chi connectivity index (χ3v) is 5.30. The van der Waals surface area contributed by atoms with Gasteiger partial charge in [0, 0.05) is 25.3 Å². The normalized spacial score (nSPS) is 13.7. The van der Waals surface area contributed by atoms with Gasteiger partial charge in [0.25, 0.3) is 0 Å². The van der Waals surface area contributed by atoms with Gasteiger partial charge in [-0.3, -0.25) is 0 Å².